The Morgan fingerprint density at radius 1 is 1.42 bits per heavy atom. The molecule has 7 heteroatoms. The van der Waals surface area contributed by atoms with E-state index >= 15 is 0 Å². The number of hydrogen-bond acceptors (Lipinski definition) is 4. The lowest BCUT2D eigenvalue weighted by Crippen LogP contribution is -2.38. The highest BCUT2D eigenvalue weighted by Gasteiger charge is 2.26. The SMILES string of the molecule is CCCn1cc(C(=O)N2CCCO[C@H](Cn3cccn3)C2)c(C)n1. The molecule has 0 aromatic carbocycles. The van der Waals surface area contributed by atoms with Crippen LogP contribution in [0.4, 0.5) is 0 Å². The molecular formula is C17H25N5O2. The predicted molar refractivity (Wildman–Crippen MR) is 89.7 cm³/mol. The fourth-order valence-corrected chi connectivity index (χ4v) is 3.05. The van der Waals surface area contributed by atoms with Crippen LogP contribution in [0.1, 0.15) is 35.8 Å². The molecule has 3 rings (SSSR count). The van der Waals surface area contributed by atoms with Crippen LogP contribution in [0, 0.1) is 6.92 Å². The first kappa shape index (κ1) is 16.7. The van der Waals surface area contributed by atoms with Gasteiger partial charge in [0, 0.05) is 44.8 Å². The van der Waals surface area contributed by atoms with Crippen molar-refractivity contribution in [3.8, 4) is 0 Å². The molecule has 1 atom stereocenters. The van der Waals surface area contributed by atoms with Crippen molar-refractivity contribution in [2.24, 2.45) is 0 Å². The number of hydrogen-bond donors (Lipinski definition) is 0. The van der Waals surface area contributed by atoms with Crippen molar-refractivity contribution in [2.45, 2.75) is 45.9 Å². The quantitative estimate of drug-likeness (QED) is 0.837. The first-order valence-corrected chi connectivity index (χ1v) is 8.59. The largest absolute Gasteiger partial charge is 0.374 e. The molecule has 0 spiro atoms. The topological polar surface area (TPSA) is 65.2 Å². The summed E-state index contributed by atoms with van der Waals surface area (Å²) >= 11 is 0. The molecule has 0 N–H and O–H groups in total. The van der Waals surface area contributed by atoms with Gasteiger partial charge in [-0.05, 0) is 25.8 Å². The molecule has 7 nitrogen and oxygen atoms in total. The minimum absolute atomic E-state index is 0.0395. The van der Waals surface area contributed by atoms with Gasteiger partial charge in [0.15, 0.2) is 0 Å². The van der Waals surface area contributed by atoms with Gasteiger partial charge in [-0.15, -0.1) is 0 Å². The summed E-state index contributed by atoms with van der Waals surface area (Å²) in [5.74, 6) is 0.0471. The van der Waals surface area contributed by atoms with E-state index in [4.69, 9.17) is 4.74 Å². The number of nitrogens with zero attached hydrogens (tertiary/aromatic N) is 5. The van der Waals surface area contributed by atoms with E-state index in [0.29, 0.717) is 31.8 Å². The van der Waals surface area contributed by atoms with Crippen LogP contribution in [0.15, 0.2) is 24.7 Å². The summed E-state index contributed by atoms with van der Waals surface area (Å²) in [6.45, 7) is 7.46. The lowest BCUT2D eigenvalue weighted by molar-refractivity contribution is 0.0367. The predicted octanol–water partition coefficient (Wildman–Crippen LogP) is 1.73. The third-order valence-electron chi connectivity index (χ3n) is 4.22. The third-order valence-corrected chi connectivity index (χ3v) is 4.22. The normalized spacial score (nSPS) is 18.6. The second kappa shape index (κ2) is 7.61. The smallest absolute Gasteiger partial charge is 0.257 e. The van der Waals surface area contributed by atoms with E-state index in [1.165, 1.54) is 0 Å². The van der Waals surface area contributed by atoms with Gasteiger partial charge in [0.25, 0.3) is 5.91 Å². The standard InChI is InChI=1S/C17H25N5O2/c1-3-7-22-13-16(14(2)19-22)17(23)20-8-5-10-24-15(11-20)12-21-9-4-6-18-21/h4,6,9,13,15H,3,5,7-8,10-12H2,1-2H3/t15-/m0/s1. The molecule has 0 radical (unpaired) electrons. The number of rotatable bonds is 5. The number of carbonyl (C=O) groups is 1. The van der Waals surface area contributed by atoms with E-state index in [1.807, 2.05) is 39.6 Å². The molecule has 24 heavy (non-hydrogen) atoms. The summed E-state index contributed by atoms with van der Waals surface area (Å²) in [7, 11) is 0. The maximum atomic E-state index is 12.9. The highest BCUT2D eigenvalue weighted by molar-refractivity contribution is 5.95. The highest BCUT2D eigenvalue weighted by atomic mass is 16.5. The molecular weight excluding hydrogens is 306 g/mol. The van der Waals surface area contributed by atoms with Crippen LogP contribution >= 0.6 is 0 Å². The minimum Gasteiger partial charge on any atom is -0.374 e. The fourth-order valence-electron chi connectivity index (χ4n) is 3.05. The molecule has 0 unspecified atom stereocenters. The lowest BCUT2D eigenvalue weighted by Gasteiger charge is -2.23. The Morgan fingerprint density at radius 2 is 2.29 bits per heavy atom. The van der Waals surface area contributed by atoms with Crippen LogP contribution in [0.5, 0.6) is 0 Å². The van der Waals surface area contributed by atoms with Crippen molar-refractivity contribution in [1.82, 2.24) is 24.5 Å². The van der Waals surface area contributed by atoms with Crippen LogP contribution in [-0.2, 0) is 17.8 Å². The number of aryl methyl sites for hydroxylation is 2. The first-order valence-electron chi connectivity index (χ1n) is 8.59. The molecule has 1 saturated heterocycles. The van der Waals surface area contributed by atoms with E-state index in [-0.39, 0.29) is 12.0 Å². The van der Waals surface area contributed by atoms with Crippen LogP contribution in [0.3, 0.4) is 0 Å². The van der Waals surface area contributed by atoms with Crippen LogP contribution in [0.2, 0.25) is 0 Å². The van der Waals surface area contributed by atoms with Crippen molar-refractivity contribution >= 4 is 5.91 Å². The second-order valence-corrected chi connectivity index (χ2v) is 6.22. The van der Waals surface area contributed by atoms with Crippen molar-refractivity contribution in [3.05, 3.63) is 35.9 Å². The molecule has 2 aromatic heterocycles. The van der Waals surface area contributed by atoms with Gasteiger partial charge in [0.1, 0.15) is 0 Å². The van der Waals surface area contributed by atoms with Gasteiger partial charge < -0.3 is 9.64 Å². The molecule has 130 valence electrons. The maximum absolute atomic E-state index is 12.9. The van der Waals surface area contributed by atoms with Crippen molar-refractivity contribution in [1.29, 1.82) is 0 Å². The molecule has 3 heterocycles. The van der Waals surface area contributed by atoms with Gasteiger partial charge in [-0.25, -0.2) is 0 Å². The summed E-state index contributed by atoms with van der Waals surface area (Å²) in [4.78, 5) is 14.8. The van der Waals surface area contributed by atoms with Crippen molar-refractivity contribution in [3.63, 3.8) is 0 Å². The molecule has 2 aromatic rings. The molecule has 1 aliphatic rings. The number of carbonyl (C=O) groups excluding carboxylic acids is 1. The Morgan fingerprint density at radius 3 is 3.04 bits per heavy atom. The monoisotopic (exact) mass is 331 g/mol. The molecule has 1 aliphatic heterocycles. The number of ether oxygens (including phenoxy) is 1. The Balaban J connectivity index is 1.70. The molecule has 0 aliphatic carbocycles. The average Bonchev–Trinajstić information content (AvgIpc) is 3.12. The van der Waals surface area contributed by atoms with E-state index < -0.39 is 0 Å². The molecule has 1 fully saturated rings. The molecule has 1 amide bonds. The van der Waals surface area contributed by atoms with Gasteiger partial charge >= 0.3 is 0 Å². The summed E-state index contributed by atoms with van der Waals surface area (Å²) in [5, 5.41) is 8.67. The van der Waals surface area contributed by atoms with Gasteiger partial charge in [-0.2, -0.15) is 10.2 Å². The summed E-state index contributed by atoms with van der Waals surface area (Å²) in [6, 6.07) is 1.89. The summed E-state index contributed by atoms with van der Waals surface area (Å²) in [5.41, 5.74) is 1.49. The zero-order chi connectivity index (χ0) is 16.9. The Hall–Kier alpha value is -2.15. The van der Waals surface area contributed by atoms with Gasteiger partial charge in [0.2, 0.25) is 0 Å². The average molecular weight is 331 g/mol. The fraction of sp³-hybridized carbons (Fsp3) is 0.588. The van der Waals surface area contributed by atoms with Crippen molar-refractivity contribution in [2.75, 3.05) is 19.7 Å². The highest BCUT2D eigenvalue weighted by Crippen LogP contribution is 2.15. The van der Waals surface area contributed by atoms with Gasteiger partial charge in [-0.1, -0.05) is 6.92 Å². The number of amides is 1. The van der Waals surface area contributed by atoms with Crippen molar-refractivity contribution < 1.29 is 9.53 Å². The van der Waals surface area contributed by atoms with Gasteiger partial charge in [-0.3, -0.25) is 14.2 Å². The molecule has 0 saturated carbocycles. The molecule has 0 bridgehead atoms. The maximum Gasteiger partial charge on any atom is 0.257 e. The van der Waals surface area contributed by atoms with Gasteiger partial charge in [0.05, 0.1) is 23.9 Å². The lowest BCUT2D eigenvalue weighted by atomic mass is 10.2. The third kappa shape index (κ3) is 3.84. The second-order valence-electron chi connectivity index (χ2n) is 6.22. The first-order chi connectivity index (χ1) is 11.7. The number of aromatic nitrogens is 4. The zero-order valence-electron chi connectivity index (χ0n) is 14.4. The van der Waals surface area contributed by atoms with Crippen LogP contribution < -0.4 is 0 Å². The van der Waals surface area contributed by atoms with E-state index in [9.17, 15) is 4.79 Å². The Labute approximate surface area is 142 Å². The summed E-state index contributed by atoms with van der Waals surface area (Å²) < 4.78 is 9.60. The zero-order valence-corrected chi connectivity index (χ0v) is 14.4. The Kier molecular flexibility index (Phi) is 5.30. The van der Waals surface area contributed by atoms with Crippen LogP contribution in [-0.4, -0.2) is 56.2 Å². The van der Waals surface area contributed by atoms with E-state index in [1.54, 1.807) is 6.20 Å². The minimum atomic E-state index is -0.0395. The van der Waals surface area contributed by atoms with E-state index in [0.717, 1.165) is 25.1 Å². The van der Waals surface area contributed by atoms with E-state index in [2.05, 4.69) is 17.1 Å². The van der Waals surface area contributed by atoms with Crippen LogP contribution in [0.25, 0.3) is 0 Å². The Bertz CT molecular complexity index is 665. The summed E-state index contributed by atoms with van der Waals surface area (Å²) in [6.07, 6.45) is 7.35.